The number of hydrogen-bond acceptors (Lipinski definition) is 4. The molecule has 0 saturated heterocycles. The van der Waals surface area contributed by atoms with E-state index in [4.69, 9.17) is 0 Å². The van der Waals surface area contributed by atoms with E-state index in [1.807, 2.05) is 30.3 Å². The molecule has 0 aliphatic heterocycles. The molecule has 0 aliphatic carbocycles. The molecule has 0 spiro atoms. The summed E-state index contributed by atoms with van der Waals surface area (Å²) in [5, 5.41) is 19.2. The number of carbonyl (C=O) groups excluding carboxylic acids is 1. The molecule has 16 heavy (non-hydrogen) atoms. The number of aliphatic hydroxyl groups excluding tert-OH is 2. The lowest BCUT2D eigenvalue weighted by Gasteiger charge is -2.17. The fraction of sp³-hybridized carbons (Fsp3) is 0.417. The third-order valence-electron chi connectivity index (χ3n) is 2.33. The number of rotatable bonds is 7. The second kappa shape index (κ2) is 6.98. The molecule has 88 valence electrons. The van der Waals surface area contributed by atoms with Gasteiger partial charge in [0.25, 0.3) is 6.47 Å². The van der Waals surface area contributed by atoms with Gasteiger partial charge in [0.2, 0.25) is 0 Å². The fourth-order valence-electron chi connectivity index (χ4n) is 1.42. The van der Waals surface area contributed by atoms with Gasteiger partial charge in [-0.2, -0.15) is 0 Å². The van der Waals surface area contributed by atoms with Crippen molar-refractivity contribution < 1.29 is 19.7 Å². The van der Waals surface area contributed by atoms with Crippen LogP contribution in [-0.4, -0.2) is 35.5 Å². The number of hydrogen-bond donors (Lipinski definition) is 2. The fourth-order valence-corrected chi connectivity index (χ4v) is 1.42. The minimum absolute atomic E-state index is 0.122. The van der Waals surface area contributed by atoms with Crippen LogP contribution in [0.2, 0.25) is 0 Å². The van der Waals surface area contributed by atoms with E-state index in [0.29, 0.717) is 12.9 Å². The molecule has 0 saturated carbocycles. The first-order valence-electron chi connectivity index (χ1n) is 5.19. The van der Waals surface area contributed by atoms with Crippen LogP contribution in [0, 0.1) is 0 Å². The minimum atomic E-state index is -0.875. The predicted molar refractivity (Wildman–Crippen MR) is 58.8 cm³/mol. The Hall–Kier alpha value is -1.39. The van der Waals surface area contributed by atoms with Crippen molar-refractivity contribution in [3.63, 3.8) is 0 Å². The highest BCUT2D eigenvalue weighted by atomic mass is 16.5. The topological polar surface area (TPSA) is 66.8 Å². The average molecular weight is 224 g/mol. The summed E-state index contributed by atoms with van der Waals surface area (Å²) in [5.74, 6) is 0. The highest BCUT2D eigenvalue weighted by Gasteiger charge is 2.16. The van der Waals surface area contributed by atoms with E-state index in [1.54, 1.807) is 0 Å². The molecule has 1 aromatic rings. The predicted octanol–water partition coefficient (Wildman–Crippen LogP) is 0.514. The van der Waals surface area contributed by atoms with Crippen molar-refractivity contribution in [3.05, 3.63) is 35.9 Å². The molecule has 0 amide bonds. The highest BCUT2D eigenvalue weighted by molar-refractivity contribution is 5.36. The summed E-state index contributed by atoms with van der Waals surface area (Å²) in [6, 6.07) is 9.42. The van der Waals surface area contributed by atoms with E-state index < -0.39 is 12.2 Å². The standard InChI is InChI=1S/C12H16O4/c13-9-16-7-6-11(14)12(15)8-10-4-2-1-3-5-10/h1-5,9,11-12,14-15H,6-8H2/t11-,12-/m1/s1. The zero-order chi connectivity index (χ0) is 11.8. The molecule has 0 radical (unpaired) electrons. The molecule has 1 rings (SSSR count). The second-order valence-electron chi connectivity index (χ2n) is 3.58. The molecule has 4 nitrogen and oxygen atoms in total. The van der Waals surface area contributed by atoms with Crippen molar-refractivity contribution in [2.24, 2.45) is 0 Å². The number of carbonyl (C=O) groups is 1. The second-order valence-corrected chi connectivity index (χ2v) is 3.58. The summed E-state index contributed by atoms with van der Waals surface area (Å²) in [6.07, 6.45) is -1.08. The Labute approximate surface area is 94.5 Å². The Bertz CT molecular complexity index is 299. The molecule has 0 aromatic heterocycles. The van der Waals surface area contributed by atoms with Crippen LogP contribution in [-0.2, 0) is 16.0 Å². The maximum atomic E-state index is 9.88. The molecule has 4 heteroatoms. The summed E-state index contributed by atoms with van der Waals surface area (Å²) < 4.78 is 4.45. The summed E-state index contributed by atoms with van der Waals surface area (Å²) >= 11 is 0. The molecule has 2 atom stereocenters. The quantitative estimate of drug-likeness (QED) is 0.523. The largest absolute Gasteiger partial charge is 0.468 e. The van der Waals surface area contributed by atoms with Crippen molar-refractivity contribution in [3.8, 4) is 0 Å². The van der Waals surface area contributed by atoms with E-state index >= 15 is 0 Å². The van der Waals surface area contributed by atoms with Gasteiger partial charge in [-0.15, -0.1) is 0 Å². The zero-order valence-electron chi connectivity index (χ0n) is 8.95. The Kier molecular flexibility index (Phi) is 5.53. The SMILES string of the molecule is O=COCC[C@@H](O)[C@H](O)Cc1ccccc1. The van der Waals surface area contributed by atoms with Gasteiger partial charge in [-0.05, 0) is 5.56 Å². The van der Waals surface area contributed by atoms with E-state index in [1.165, 1.54) is 0 Å². The van der Waals surface area contributed by atoms with Gasteiger partial charge >= 0.3 is 0 Å². The lowest BCUT2D eigenvalue weighted by atomic mass is 10.0. The monoisotopic (exact) mass is 224 g/mol. The number of benzene rings is 1. The molecular formula is C12H16O4. The van der Waals surface area contributed by atoms with E-state index in [-0.39, 0.29) is 13.0 Å². The Morgan fingerprint density at radius 3 is 2.50 bits per heavy atom. The normalized spacial score (nSPS) is 14.1. The van der Waals surface area contributed by atoms with Crippen molar-refractivity contribution in [1.82, 2.24) is 0 Å². The molecule has 0 fully saturated rings. The van der Waals surface area contributed by atoms with Gasteiger partial charge in [0.15, 0.2) is 0 Å². The molecular weight excluding hydrogens is 208 g/mol. The van der Waals surface area contributed by atoms with Crippen LogP contribution in [0.3, 0.4) is 0 Å². The van der Waals surface area contributed by atoms with E-state index in [9.17, 15) is 15.0 Å². The summed E-state index contributed by atoms with van der Waals surface area (Å²) in [5.41, 5.74) is 0.963. The van der Waals surface area contributed by atoms with Crippen LogP contribution in [0.5, 0.6) is 0 Å². The van der Waals surface area contributed by atoms with E-state index in [2.05, 4.69) is 4.74 Å². The lowest BCUT2D eigenvalue weighted by molar-refractivity contribution is -0.129. The molecule has 0 bridgehead atoms. The Morgan fingerprint density at radius 1 is 1.19 bits per heavy atom. The van der Waals surface area contributed by atoms with Crippen LogP contribution < -0.4 is 0 Å². The molecule has 0 unspecified atom stereocenters. The van der Waals surface area contributed by atoms with Crippen molar-refractivity contribution in [2.75, 3.05) is 6.61 Å². The number of ether oxygens (including phenoxy) is 1. The van der Waals surface area contributed by atoms with Gasteiger partial charge in [0.05, 0.1) is 18.8 Å². The van der Waals surface area contributed by atoms with Crippen LogP contribution in [0.1, 0.15) is 12.0 Å². The first-order chi connectivity index (χ1) is 7.74. The molecule has 0 heterocycles. The average Bonchev–Trinajstić information content (AvgIpc) is 2.30. The smallest absolute Gasteiger partial charge is 0.293 e. The van der Waals surface area contributed by atoms with Crippen LogP contribution in [0.25, 0.3) is 0 Å². The highest BCUT2D eigenvalue weighted by Crippen LogP contribution is 2.08. The van der Waals surface area contributed by atoms with Crippen LogP contribution in [0.4, 0.5) is 0 Å². The third-order valence-corrected chi connectivity index (χ3v) is 2.33. The third kappa shape index (κ3) is 4.42. The Balaban J connectivity index is 2.33. The van der Waals surface area contributed by atoms with Crippen molar-refractivity contribution in [2.45, 2.75) is 25.0 Å². The van der Waals surface area contributed by atoms with Crippen LogP contribution >= 0.6 is 0 Å². The first-order valence-corrected chi connectivity index (χ1v) is 5.19. The van der Waals surface area contributed by atoms with Gasteiger partial charge in [0, 0.05) is 12.8 Å². The molecule has 0 aliphatic rings. The van der Waals surface area contributed by atoms with Gasteiger partial charge in [-0.25, -0.2) is 0 Å². The maximum Gasteiger partial charge on any atom is 0.293 e. The number of aliphatic hydroxyl groups is 2. The van der Waals surface area contributed by atoms with Crippen molar-refractivity contribution in [1.29, 1.82) is 0 Å². The van der Waals surface area contributed by atoms with Gasteiger partial charge in [-0.3, -0.25) is 4.79 Å². The van der Waals surface area contributed by atoms with Gasteiger partial charge in [0.1, 0.15) is 0 Å². The zero-order valence-corrected chi connectivity index (χ0v) is 8.95. The summed E-state index contributed by atoms with van der Waals surface area (Å²) in [7, 11) is 0. The van der Waals surface area contributed by atoms with Crippen molar-refractivity contribution >= 4 is 6.47 Å². The van der Waals surface area contributed by atoms with Gasteiger partial charge < -0.3 is 14.9 Å². The summed E-state index contributed by atoms with van der Waals surface area (Å²) in [6.45, 7) is 0.451. The molecule has 2 N–H and O–H groups in total. The van der Waals surface area contributed by atoms with Gasteiger partial charge in [-0.1, -0.05) is 30.3 Å². The lowest BCUT2D eigenvalue weighted by Crippen LogP contribution is -2.29. The minimum Gasteiger partial charge on any atom is -0.468 e. The maximum absolute atomic E-state index is 9.88. The van der Waals surface area contributed by atoms with Crippen LogP contribution in [0.15, 0.2) is 30.3 Å². The Morgan fingerprint density at radius 2 is 1.88 bits per heavy atom. The van der Waals surface area contributed by atoms with E-state index in [0.717, 1.165) is 5.56 Å². The first kappa shape index (κ1) is 12.7. The summed E-state index contributed by atoms with van der Waals surface area (Å²) in [4.78, 5) is 9.88. The molecule has 1 aromatic carbocycles.